The Morgan fingerprint density at radius 1 is 1.25 bits per heavy atom. The molecule has 0 saturated carbocycles. The Morgan fingerprint density at radius 2 is 1.90 bits per heavy atom. The number of carbonyl (C=O) groups excluding carboxylic acids is 1. The Balaban J connectivity index is 1.89. The van der Waals surface area contributed by atoms with Gasteiger partial charge in [-0.1, -0.05) is 45.0 Å². The average Bonchev–Trinajstić information content (AvgIpc) is 2.35. The Bertz CT molecular complexity index is 456. The van der Waals surface area contributed by atoms with Crippen LogP contribution in [0.2, 0.25) is 0 Å². The molecular formula is C17H24O3. The first-order valence-corrected chi connectivity index (χ1v) is 7.31. The van der Waals surface area contributed by atoms with Gasteiger partial charge in [0.1, 0.15) is 6.10 Å². The van der Waals surface area contributed by atoms with Crippen LogP contribution in [0.15, 0.2) is 24.3 Å². The molecule has 1 heterocycles. The van der Waals surface area contributed by atoms with Crippen molar-refractivity contribution in [3.63, 3.8) is 0 Å². The molecule has 3 heteroatoms. The summed E-state index contributed by atoms with van der Waals surface area (Å²) < 4.78 is 5.26. The predicted octanol–water partition coefficient (Wildman–Crippen LogP) is 2.98. The van der Waals surface area contributed by atoms with Crippen LogP contribution < -0.4 is 0 Å². The molecule has 1 fully saturated rings. The first-order valence-electron chi connectivity index (χ1n) is 7.31. The van der Waals surface area contributed by atoms with Gasteiger partial charge in [0, 0.05) is 6.42 Å². The van der Waals surface area contributed by atoms with E-state index in [2.05, 4.69) is 45.0 Å². The lowest BCUT2D eigenvalue weighted by Gasteiger charge is -2.26. The summed E-state index contributed by atoms with van der Waals surface area (Å²) in [5, 5.41) is 9.57. The fourth-order valence-electron chi connectivity index (χ4n) is 2.54. The first kappa shape index (κ1) is 15.0. The smallest absolute Gasteiger partial charge is 0.308 e. The van der Waals surface area contributed by atoms with E-state index < -0.39 is 6.10 Å². The number of benzene rings is 1. The molecule has 1 aliphatic rings. The molecule has 0 amide bonds. The SMILES string of the molecule is CC(C)(C)c1ccc(CCC2CC(O)CC(=O)O2)cc1. The van der Waals surface area contributed by atoms with E-state index >= 15 is 0 Å². The van der Waals surface area contributed by atoms with Gasteiger partial charge < -0.3 is 9.84 Å². The van der Waals surface area contributed by atoms with Crippen LogP contribution in [0, 0.1) is 0 Å². The second-order valence-corrected chi connectivity index (χ2v) is 6.69. The van der Waals surface area contributed by atoms with Gasteiger partial charge in [-0.25, -0.2) is 0 Å². The number of esters is 1. The predicted molar refractivity (Wildman–Crippen MR) is 78.6 cm³/mol. The molecule has 0 bridgehead atoms. The van der Waals surface area contributed by atoms with Gasteiger partial charge in [-0.05, 0) is 29.4 Å². The highest BCUT2D eigenvalue weighted by Gasteiger charge is 2.26. The molecular weight excluding hydrogens is 252 g/mol. The van der Waals surface area contributed by atoms with Crippen LogP contribution in [0.5, 0.6) is 0 Å². The summed E-state index contributed by atoms with van der Waals surface area (Å²) in [4.78, 5) is 11.3. The number of hydrogen-bond donors (Lipinski definition) is 1. The Hall–Kier alpha value is -1.35. The van der Waals surface area contributed by atoms with Crippen LogP contribution in [-0.2, 0) is 21.4 Å². The minimum atomic E-state index is -0.537. The molecule has 1 aromatic carbocycles. The lowest BCUT2D eigenvalue weighted by Crippen LogP contribution is -2.32. The second kappa shape index (κ2) is 5.96. The lowest BCUT2D eigenvalue weighted by molar-refractivity contribution is -0.160. The minimum absolute atomic E-state index is 0.136. The molecule has 1 saturated heterocycles. The molecule has 0 radical (unpaired) electrons. The van der Waals surface area contributed by atoms with E-state index in [0.717, 1.165) is 12.8 Å². The zero-order valence-corrected chi connectivity index (χ0v) is 12.6. The Kier molecular flexibility index (Phi) is 4.48. The Labute approximate surface area is 121 Å². The maximum absolute atomic E-state index is 11.3. The number of aliphatic hydroxyl groups is 1. The number of cyclic esters (lactones) is 1. The van der Waals surface area contributed by atoms with Crippen LogP contribution in [0.1, 0.15) is 51.2 Å². The molecule has 110 valence electrons. The van der Waals surface area contributed by atoms with Gasteiger partial charge in [-0.3, -0.25) is 4.79 Å². The summed E-state index contributed by atoms with van der Waals surface area (Å²) >= 11 is 0. The molecule has 2 unspecified atom stereocenters. The highest BCUT2D eigenvalue weighted by atomic mass is 16.5. The number of rotatable bonds is 3. The number of ether oxygens (including phenoxy) is 1. The maximum atomic E-state index is 11.3. The van der Waals surface area contributed by atoms with Crippen LogP contribution >= 0.6 is 0 Å². The standard InChI is InChI=1S/C17H24O3/c1-17(2,3)13-7-4-12(5-8-13)6-9-15-10-14(18)11-16(19)20-15/h4-5,7-8,14-15,18H,6,9-11H2,1-3H3. The topological polar surface area (TPSA) is 46.5 Å². The lowest BCUT2D eigenvalue weighted by atomic mass is 9.86. The third-order valence-corrected chi connectivity index (χ3v) is 3.81. The van der Waals surface area contributed by atoms with Crippen molar-refractivity contribution >= 4 is 5.97 Å². The second-order valence-electron chi connectivity index (χ2n) is 6.69. The van der Waals surface area contributed by atoms with Crippen molar-refractivity contribution in [2.24, 2.45) is 0 Å². The van der Waals surface area contributed by atoms with Crippen LogP contribution in [0.3, 0.4) is 0 Å². The van der Waals surface area contributed by atoms with Gasteiger partial charge in [0.2, 0.25) is 0 Å². The summed E-state index contributed by atoms with van der Waals surface area (Å²) in [6, 6.07) is 8.61. The van der Waals surface area contributed by atoms with Gasteiger partial charge >= 0.3 is 5.97 Å². The van der Waals surface area contributed by atoms with Gasteiger partial charge in [0.15, 0.2) is 0 Å². The molecule has 1 aromatic rings. The van der Waals surface area contributed by atoms with Crippen molar-refractivity contribution in [1.29, 1.82) is 0 Å². The van der Waals surface area contributed by atoms with E-state index in [4.69, 9.17) is 4.74 Å². The molecule has 0 aliphatic carbocycles. The molecule has 0 aromatic heterocycles. The van der Waals surface area contributed by atoms with Crippen molar-refractivity contribution in [3.8, 4) is 0 Å². The van der Waals surface area contributed by atoms with Crippen LogP contribution in [-0.4, -0.2) is 23.3 Å². The summed E-state index contributed by atoms with van der Waals surface area (Å²) in [5.74, 6) is -0.281. The summed E-state index contributed by atoms with van der Waals surface area (Å²) in [6.45, 7) is 6.60. The summed E-state index contributed by atoms with van der Waals surface area (Å²) in [6.07, 6.45) is 1.66. The van der Waals surface area contributed by atoms with E-state index in [0.29, 0.717) is 6.42 Å². The zero-order valence-electron chi connectivity index (χ0n) is 12.6. The largest absolute Gasteiger partial charge is 0.462 e. The van der Waals surface area contributed by atoms with Crippen molar-refractivity contribution < 1.29 is 14.6 Å². The van der Waals surface area contributed by atoms with Crippen LogP contribution in [0.25, 0.3) is 0 Å². The first-order chi connectivity index (χ1) is 9.34. The third-order valence-electron chi connectivity index (χ3n) is 3.81. The summed E-state index contributed by atoms with van der Waals surface area (Å²) in [7, 11) is 0. The molecule has 0 spiro atoms. The van der Waals surface area contributed by atoms with Crippen molar-refractivity contribution in [2.45, 2.75) is 64.1 Å². The molecule has 2 rings (SSSR count). The average molecular weight is 276 g/mol. The number of carbonyl (C=O) groups is 1. The van der Waals surface area contributed by atoms with E-state index in [1.165, 1.54) is 11.1 Å². The van der Waals surface area contributed by atoms with Crippen molar-refractivity contribution in [1.82, 2.24) is 0 Å². The van der Waals surface area contributed by atoms with Gasteiger partial charge in [0.05, 0.1) is 12.5 Å². The van der Waals surface area contributed by atoms with E-state index in [1.54, 1.807) is 0 Å². The quantitative estimate of drug-likeness (QED) is 0.863. The third kappa shape index (κ3) is 4.07. The number of hydrogen-bond acceptors (Lipinski definition) is 3. The molecule has 3 nitrogen and oxygen atoms in total. The highest BCUT2D eigenvalue weighted by molar-refractivity contribution is 5.70. The zero-order chi connectivity index (χ0) is 14.8. The Morgan fingerprint density at radius 3 is 2.45 bits per heavy atom. The van der Waals surface area contributed by atoms with E-state index in [1.807, 2.05) is 0 Å². The van der Waals surface area contributed by atoms with E-state index in [9.17, 15) is 9.90 Å². The van der Waals surface area contributed by atoms with Crippen molar-refractivity contribution in [2.75, 3.05) is 0 Å². The van der Waals surface area contributed by atoms with Gasteiger partial charge in [-0.2, -0.15) is 0 Å². The molecule has 1 N–H and O–H groups in total. The van der Waals surface area contributed by atoms with E-state index in [-0.39, 0.29) is 23.9 Å². The fourth-order valence-corrected chi connectivity index (χ4v) is 2.54. The van der Waals surface area contributed by atoms with Crippen molar-refractivity contribution in [3.05, 3.63) is 35.4 Å². The minimum Gasteiger partial charge on any atom is -0.462 e. The highest BCUT2D eigenvalue weighted by Crippen LogP contribution is 2.23. The molecule has 1 aliphatic heterocycles. The summed E-state index contributed by atoms with van der Waals surface area (Å²) in [5.41, 5.74) is 2.73. The molecule has 2 atom stereocenters. The normalized spacial score (nSPS) is 23.5. The molecule has 20 heavy (non-hydrogen) atoms. The maximum Gasteiger partial charge on any atom is 0.308 e. The van der Waals surface area contributed by atoms with Crippen LogP contribution in [0.4, 0.5) is 0 Å². The fraction of sp³-hybridized carbons (Fsp3) is 0.588. The van der Waals surface area contributed by atoms with Gasteiger partial charge in [0.25, 0.3) is 0 Å². The number of aliphatic hydroxyl groups excluding tert-OH is 1. The monoisotopic (exact) mass is 276 g/mol. The number of aryl methyl sites for hydroxylation is 1. The van der Waals surface area contributed by atoms with Gasteiger partial charge in [-0.15, -0.1) is 0 Å².